The molecule has 0 bridgehead atoms. The van der Waals surface area contributed by atoms with Crippen molar-refractivity contribution in [2.75, 3.05) is 35.8 Å². The monoisotopic (exact) mass is 794 g/mol. The molecule has 0 radical (unpaired) electrons. The molecule has 0 amide bonds. The normalized spacial score (nSPS) is 11.9. The molecule has 3 aromatic carbocycles. The van der Waals surface area contributed by atoms with E-state index < -0.39 is 0 Å². The number of unbranched alkanes of at least 4 members (excludes halogenated alkanes) is 5. The summed E-state index contributed by atoms with van der Waals surface area (Å²) in [6.45, 7) is 11.9. The van der Waals surface area contributed by atoms with Crippen LogP contribution < -0.4 is 16.0 Å². The molecule has 3 N–H and O–H groups in total. The van der Waals surface area contributed by atoms with Gasteiger partial charge in [0.2, 0.25) is 17.8 Å². The lowest BCUT2D eigenvalue weighted by molar-refractivity contribution is 0.0419. The van der Waals surface area contributed by atoms with E-state index in [4.69, 9.17) is 14.2 Å². The number of aromatic nitrogens is 3. The van der Waals surface area contributed by atoms with Crippen LogP contribution in [0.3, 0.4) is 0 Å². The van der Waals surface area contributed by atoms with Gasteiger partial charge in [0.25, 0.3) is 0 Å². The zero-order valence-electron chi connectivity index (χ0n) is 35.0. The van der Waals surface area contributed by atoms with Crippen LogP contribution in [-0.4, -0.2) is 52.7 Å². The lowest BCUT2D eigenvalue weighted by Gasteiger charge is -2.15. The highest BCUT2D eigenvalue weighted by atomic mass is 16.5. The summed E-state index contributed by atoms with van der Waals surface area (Å²) in [5, 5.41) is 9.62. The number of hydrogen-bond donors (Lipinski definition) is 3. The molecule has 1 aromatic heterocycles. The van der Waals surface area contributed by atoms with E-state index >= 15 is 0 Å². The van der Waals surface area contributed by atoms with Gasteiger partial charge in [-0.25, -0.2) is 14.4 Å². The molecule has 0 aliphatic rings. The van der Waals surface area contributed by atoms with Crippen LogP contribution in [-0.2, 0) is 14.2 Å². The van der Waals surface area contributed by atoms with Crippen molar-refractivity contribution >= 4 is 52.8 Å². The maximum absolute atomic E-state index is 12.8. The van der Waals surface area contributed by atoms with E-state index in [2.05, 4.69) is 65.5 Å². The van der Waals surface area contributed by atoms with Crippen molar-refractivity contribution in [3.8, 4) is 0 Å². The van der Waals surface area contributed by atoms with Gasteiger partial charge in [0.15, 0.2) is 0 Å². The zero-order valence-corrected chi connectivity index (χ0v) is 35.0. The number of carbonyl (C=O) groups excluding carboxylic acids is 3. The molecule has 0 aliphatic heterocycles. The van der Waals surface area contributed by atoms with Crippen LogP contribution in [0.15, 0.2) is 72.8 Å². The van der Waals surface area contributed by atoms with Crippen LogP contribution in [0.1, 0.15) is 143 Å². The molecule has 0 aliphatic carbocycles. The molecule has 0 saturated heterocycles. The van der Waals surface area contributed by atoms with Crippen molar-refractivity contribution in [2.24, 2.45) is 11.8 Å². The zero-order chi connectivity index (χ0) is 41.5. The number of hydrogen-bond acceptors (Lipinski definition) is 12. The molecule has 12 heteroatoms. The molecule has 2 unspecified atom stereocenters. The van der Waals surface area contributed by atoms with Crippen molar-refractivity contribution in [1.82, 2.24) is 15.0 Å². The maximum atomic E-state index is 12.8. The summed E-state index contributed by atoms with van der Waals surface area (Å²) in [5.41, 5.74) is 3.30. The van der Waals surface area contributed by atoms with E-state index in [1.54, 1.807) is 72.8 Å². The van der Waals surface area contributed by atoms with E-state index in [1.165, 1.54) is 0 Å². The molecule has 58 heavy (non-hydrogen) atoms. The minimum absolute atomic E-state index is 0.230. The van der Waals surface area contributed by atoms with Crippen LogP contribution >= 0.6 is 0 Å². The van der Waals surface area contributed by atoms with Crippen LogP contribution in [0.5, 0.6) is 0 Å². The smallest absolute Gasteiger partial charge is 0.338 e. The topological polar surface area (TPSA) is 154 Å². The summed E-state index contributed by atoms with van der Waals surface area (Å²) in [6, 6.07) is 20.8. The van der Waals surface area contributed by atoms with Crippen molar-refractivity contribution < 1.29 is 28.6 Å². The Kier molecular flexibility index (Phi) is 19.5. The molecule has 1 heterocycles. The Morgan fingerprint density at radius 2 is 0.810 bits per heavy atom. The molecule has 312 valence electrons. The fourth-order valence-electron chi connectivity index (χ4n) is 6.13. The Morgan fingerprint density at radius 3 is 1.14 bits per heavy atom. The van der Waals surface area contributed by atoms with E-state index in [0.29, 0.717) is 65.4 Å². The average Bonchev–Trinajstić information content (AvgIpc) is 3.24. The fourth-order valence-corrected chi connectivity index (χ4v) is 6.13. The van der Waals surface area contributed by atoms with Gasteiger partial charge in [-0.05, 0) is 104 Å². The van der Waals surface area contributed by atoms with Gasteiger partial charge in [-0.2, -0.15) is 15.0 Å². The molecule has 0 spiro atoms. The number of esters is 3. The quantitative estimate of drug-likeness (QED) is 0.0315. The Labute approximate surface area is 344 Å². The van der Waals surface area contributed by atoms with Gasteiger partial charge in [0, 0.05) is 17.1 Å². The molecule has 2 atom stereocenters. The Hall–Kier alpha value is -5.52. The second-order valence-electron chi connectivity index (χ2n) is 14.6. The minimum Gasteiger partial charge on any atom is -0.462 e. The van der Waals surface area contributed by atoms with E-state index in [9.17, 15) is 14.4 Å². The van der Waals surface area contributed by atoms with Crippen molar-refractivity contribution in [2.45, 2.75) is 112 Å². The molecule has 0 saturated carbocycles. The molecule has 12 nitrogen and oxygen atoms in total. The van der Waals surface area contributed by atoms with Gasteiger partial charge < -0.3 is 30.2 Å². The van der Waals surface area contributed by atoms with Gasteiger partial charge in [-0.1, -0.05) is 92.4 Å². The average molecular weight is 795 g/mol. The third-order valence-electron chi connectivity index (χ3n) is 9.98. The molecule has 4 aromatic rings. The SMILES string of the molecule is CCCCCCOC(=O)c1ccc(Nc2nc(Nc3ccc(C(=O)OCC(CC)CCCC)cc3)nc(Nc3ccc(C(=O)OCC(CC)CCCC)cc3)n2)cc1. The van der Waals surface area contributed by atoms with Crippen LogP contribution in [0.25, 0.3) is 0 Å². The van der Waals surface area contributed by atoms with Crippen molar-refractivity contribution in [3.63, 3.8) is 0 Å². The van der Waals surface area contributed by atoms with Crippen LogP contribution in [0.4, 0.5) is 34.9 Å². The van der Waals surface area contributed by atoms with Crippen LogP contribution in [0.2, 0.25) is 0 Å². The Balaban J connectivity index is 1.48. The molecule has 0 fully saturated rings. The first kappa shape index (κ1) is 45.2. The summed E-state index contributed by atoms with van der Waals surface area (Å²) >= 11 is 0. The highest BCUT2D eigenvalue weighted by Gasteiger charge is 2.15. The number of ether oxygens (including phenoxy) is 3. The first-order valence-corrected chi connectivity index (χ1v) is 21.1. The number of carbonyl (C=O) groups is 3. The first-order chi connectivity index (χ1) is 28.2. The molecule has 4 rings (SSSR count). The summed E-state index contributed by atoms with van der Waals surface area (Å²) in [5.74, 6) is 0.314. The lowest BCUT2D eigenvalue weighted by Crippen LogP contribution is -2.14. The van der Waals surface area contributed by atoms with Gasteiger partial charge in [-0.15, -0.1) is 0 Å². The van der Waals surface area contributed by atoms with Gasteiger partial charge in [-0.3, -0.25) is 0 Å². The lowest BCUT2D eigenvalue weighted by atomic mass is 10.0. The van der Waals surface area contributed by atoms with E-state index in [1.807, 2.05) is 0 Å². The van der Waals surface area contributed by atoms with E-state index in [-0.39, 0.29) is 35.8 Å². The fraction of sp³-hybridized carbons (Fsp3) is 0.478. The van der Waals surface area contributed by atoms with Gasteiger partial charge >= 0.3 is 17.9 Å². The third-order valence-corrected chi connectivity index (χ3v) is 9.98. The predicted molar refractivity (Wildman–Crippen MR) is 231 cm³/mol. The summed E-state index contributed by atoms with van der Waals surface area (Å²) in [7, 11) is 0. The van der Waals surface area contributed by atoms with Gasteiger partial charge in [0.05, 0.1) is 36.5 Å². The second kappa shape index (κ2) is 25.0. The number of rotatable bonds is 26. The number of anilines is 6. The number of nitrogens with one attached hydrogen (secondary N) is 3. The maximum Gasteiger partial charge on any atom is 0.338 e. The molecular weight excluding hydrogens is 733 g/mol. The number of nitrogens with zero attached hydrogens (tertiary/aromatic N) is 3. The first-order valence-electron chi connectivity index (χ1n) is 21.1. The summed E-state index contributed by atoms with van der Waals surface area (Å²) in [6.07, 6.45) is 12.6. The van der Waals surface area contributed by atoms with Crippen LogP contribution in [0, 0.1) is 11.8 Å². The van der Waals surface area contributed by atoms with Gasteiger partial charge in [0.1, 0.15) is 0 Å². The minimum atomic E-state index is -0.367. The predicted octanol–water partition coefficient (Wildman–Crippen LogP) is 11.6. The largest absolute Gasteiger partial charge is 0.462 e. The van der Waals surface area contributed by atoms with E-state index in [0.717, 1.165) is 77.0 Å². The Bertz CT molecular complexity index is 1740. The standard InChI is InChI=1S/C46H62N6O6/c1-6-11-14-15-30-56-41(53)35-18-24-38(25-19-35)47-44-50-45(48-39-26-20-36(21-27-39)42(54)57-31-33(9-4)16-12-7-2)52-46(51-44)49-40-28-22-37(23-29-40)43(55)58-32-34(10-5)17-13-8-3/h18-29,33-34H,6-17,30-32H2,1-5H3,(H3,47,48,49,50,51,52). The third kappa shape index (κ3) is 15.4. The highest BCUT2D eigenvalue weighted by molar-refractivity contribution is 5.91. The van der Waals surface area contributed by atoms with Crippen molar-refractivity contribution in [1.29, 1.82) is 0 Å². The molecular formula is C46H62N6O6. The second-order valence-corrected chi connectivity index (χ2v) is 14.6. The Morgan fingerprint density at radius 1 is 0.466 bits per heavy atom. The summed E-state index contributed by atoms with van der Waals surface area (Å²) in [4.78, 5) is 52.0. The number of benzene rings is 3. The highest BCUT2D eigenvalue weighted by Crippen LogP contribution is 2.23. The summed E-state index contributed by atoms with van der Waals surface area (Å²) < 4.78 is 16.7. The van der Waals surface area contributed by atoms with Crippen molar-refractivity contribution in [3.05, 3.63) is 89.5 Å².